The Morgan fingerprint density at radius 3 is 2.65 bits per heavy atom. The van der Waals surface area contributed by atoms with Gasteiger partial charge in [0.15, 0.2) is 0 Å². The summed E-state index contributed by atoms with van der Waals surface area (Å²) in [6.07, 6.45) is 0.596. The monoisotopic (exact) mass is 252 g/mol. The van der Waals surface area contributed by atoms with Crippen LogP contribution in [-0.4, -0.2) is 0 Å². The van der Waals surface area contributed by atoms with E-state index >= 15 is 0 Å². The van der Waals surface area contributed by atoms with Gasteiger partial charge in [-0.15, -0.1) is 11.6 Å². The van der Waals surface area contributed by atoms with Crippen molar-refractivity contribution in [1.82, 2.24) is 0 Å². The second-order valence-electron chi connectivity index (χ2n) is 4.17. The van der Waals surface area contributed by atoms with Gasteiger partial charge in [0, 0.05) is 5.56 Å². The number of alkyl halides is 1. The molecule has 0 spiro atoms. The molecule has 1 aromatic heterocycles. The van der Waals surface area contributed by atoms with Gasteiger partial charge < -0.3 is 4.42 Å². The Balaban J connectivity index is 2.16. The average molecular weight is 253 g/mol. The minimum atomic E-state index is -0.230. The molecule has 2 aromatic rings. The molecule has 2 rings (SSSR count). The van der Waals surface area contributed by atoms with Crippen molar-refractivity contribution in [3.8, 4) is 0 Å². The van der Waals surface area contributed by atoms with Gasteiger partial charge in [-0.2, -0.15) is 0 Å². The van der Waals surface area contributed by atoms with Gasteiger partial charge in [0.2, 0.25) is 0 Å². The molecule has 0 bridgehead atoms. The van der Waals surface area contributed by atoms with Crippen molar-refractivity contribution in [3.63, 3.8) is 0 Å². The molecule has 1 nitrogen and oxygen atoms in total. The highest BCUT2D eigenvalue weighted by Crippen LogP contribution is 2.29. The maximum absolute atomic E-state index is 13.0. The molecule has 1 unspecified atom stereocenters. The number of hydrogen-bond acceptors (Lipinski definition) is 1. The molecule has 1 aromatic carbocycles. The van der Waals surface area contributed by atoms with Crippen LogP contribution in [0.5, 0.6) is 0 Å². The van der Waals surface area contributed by atoms with E-state index in [-0.39, 0.29) is 11.2 Å². The predicted molar refractivity (Wildman–Crippen MR) is 66.9 cm³/mol. The van der Waals surface area contributed by atoms with E-state index in [1.165, 1.54) is 12.1 Å². The molecule has 0 aliphatic heterocycles. The normalized spacial score (nSPS) is 12.7. The summed E-state index contributed by atoms with van der Waals surface area (Å²) >= 11 is 6.33. The maximum Gasteiger partial charge on any atom is 0.123 e. The molecule has 0 saturated heterocycles. The molecule has 90 valence electrons. The Bertz CT molecular complexity index is 519. The minimum Gasteiger partial charge on any atom is -0.466 e. The van der Waals surface area contributed by atoms with Gasteiger partial charge in [0.25, 0.3) is 0 Å². The lowest BCUT2D eigenvalue weighted by atomic mass is 10.0. The van der Waals surface area contributed by atoms with E-state index in [1.54, 1.807) is 6.07 Å². The number of hydrogen-bond donors (Lipinski definition) is 0. The van der Waals surface area contributed by atoms with Crippen LogP contribution in [0, 0.1) is 19.7 Å². The summed E-state index contributed by atoms with van der Waals surface area (Å²) < 4.78 is 18.5. The van der Waals surface area contributed by atoms with Crippen LogP contribution in [0.3, 0.4) is 0 Å². The number of furan rings is 1. The van der Waals surface area contributed by atoms with Gasteiger partial charge in [-0.3, -0.25) is 0 Å². The van der Waals surface area contributed by atoms with Crippen molar-refractivity contribution >= 4 is 11.6 Å². The summed E-state index contributed by atoms with van der Waals surface area (Å²) in [6, 6.07) is 8.45. The molecule has 0 radical (unpaired) electrons. The zero-order valence-corrected chi connectivity index (χ0v) is 10.6. The van der Waals surface area contributed by atoms with Crippen molar-refractivity contribution in [1.29, 1.82) is 0 Å². The molecule has 0 aliphatic rings. The van der Waals surface area contributed by atoms with Gasteiger partial charge in [-0.05, 0) is 44.0 Å². The van der Waals surface area contributed by atoms with E-state index in [4.69, 9.17) is 16.0 Å². The SMILES string of the molecule is Cc1cc(C(Cl)Cc2cccc(F)c2)c(C)o1. The lowest BCUT2D eigenvalue weighted by Gasteiger charge is -2.08. The Morgan fingerprint density at radius 1 is 1.29 bits per heavy atom. The zero-order chi connectivity index (χ0) is 12.4. The van der Waals surface area contributed by atoms with Crippen molar-refractivity contribution in [3.05, 3.63) is 58.8 Å². The van der Waals surface area contributed by atoms with Crippen molar-refractivity contribution in [2.45, 2.75) is 25.6 Å². The Labute approximate surface area is 105 Å². The number of rotatable bonds is 3. The molecule has 17 heavy (non-hydrogen) atoms. The molecule has 1 atom stereocenters. The third-order valence-electron chi connectivity index (χ3n) is 2.72. The summed E-state index contributed by atoms with van der Waals surface area (Å²) in [4.78, 5) is 0. The van der Waals surface area contributed by atoms with E-state index < -0.39 is 0 Å². The van der Waals surface area contributed by atoms with Crippen LogP contribution in [0.1, 0.15) is 28.0 Å². The molecular weight excluding hydrogens is 239 g/mol. The molecule has 1 heterocycles. The lowest BCUT2D eigenvalue weighted by Crippen LogP contribution is -1.96. The van der Waals surface area contributed by atoms with Crippen LogP contribution in [0.25, 0.3) is 0 Å². The number of halogens is 2. The molecule has 3 heteroatoms. The highest BCUT2D eigenvalue weighted by molar-refractivity contribution is 6.21. The summed E-state index contributed by atoms with van der Waals surface area (Å²) in [7, 11) is 0. The topological polar surface area (TPSA) is 13.1 Å². The first-order valence-corrected chi connectivity index (χ1v) is 5.95. The Morgan fingerprint density at radius 2 is 2.06 bits per heavy atom. The average Bonchev–Trinajstić information content (AvgIpc) is 2.58. The van der Waals surface area contributed by atoms with Crippen molar-refractivity contribution < 1.29 is 8.81 Å². The smallest absolute Gasteiger partial charge is 0.123 e. The van der Waals surface area contributed by atoms with Gasteiger partial charge in [-0.1, -0.05) is 12.1 Å². The van der Waals surface area contributed by atoms with Gasteiger partial charge in [-0.25, -0.2) is 4.39 Å². The standard InChI is InChI=1S/C14H14ClFO/c1-9-6-13(10(2)17-9)14(15)8-11-4-3-5-12(16)7-11/h3-7,14H,8H2,1-2H3. The number of aryl methyl sites for hydroxylation is 2. The van der Waals surface area contributed by atoms with Crippen LogP contribution in [0.15, 0.2) is 34.7 Å². The third-order valence-corrected chi connectivity index (χ3v) is 3.11. The first-order valence-electron chi connectivity index (χ1n) is 5.51. The second-order valence-corrected chi connectivity index (χ2v) is 4.70. The van der Waals surface area contributed by atoms with E-state index in [9.17, 15) is 4.39 Å². The van der Waals surface area contributed by atoms with Gasteiger partial charge in [0.05, 0.1) is 5.38 Å². The van der Waals surface area contributed by atoms with Crippen LogP contribution < -0.4 is 0 Å². The summed E-state index contributed by atoms with van der Waals surface area (Å²) in [5.41, 5.74) is 1.87. The molecule has 0 aliphatic carbocycles. The Kier molecular flexibility index (Phi) is 3.53. The summed E-state index contributed by atoms with van der Waals surface area (Å²) in [6.45, 7) is 3.78. The van der Waals surface area contributed by atoms with Crippen LogP contribution in [-0.2, 0) is 6.42 Å². The quantitative estimate of drug-likeness (QED) is 0.730. The first-order chi connectivity index (χ1) is 8.06. The first kappa shape index (κ1) is 12.2. The summed E-state index contributed by atoms with van der Waals surface area (Å²) in [5.74, 6) is 1.45. The van der Waals surface area contributed by atoms with Crippen LogP contribution >= 0.6 is 11.6 Å². The van der Waals surface area contributed by atoms with E-state index in [2.05, 4.69) is 0 Å². The molecular formula is C14H14ClFO. The summed E-state index contributed by atoms with van der Waals surface area (Å²) in [5, 5.41) is -0.186. The van der Waals surface area contributed by atoms with Crippen LogP contribution in [0.2, 0.25) is 0 Å². The highest BCUT2D eigenvalue weighted by atomic mass is 35.5. The van der Waals surface area contributed by atoms with E-state index in [0.29, 0.717) is 6.42 Å². The van der Waals surface area contributed by atoms with Crippen molar-refractivity contribution in [2.75, 3.05) is 0 Å². The van der Waals surface area contributed by atoms with E-state index in [1.807, 2.05) is 26.0 Å². The highest BCUT2D eigenvalue weighted by Gasteiger charge is 2.15. The maximum atomic E-state index is 13.0. The number of benzene rings is 1. The Hall–Kier alpha value is -1.28. The fourth-order valence-electron chi connectivity index (χ4n) is 1.94. The lowest BCUT2D eigenvalue weighted by molar-refractivity contribution is 0.500. The van der Waals surface area contributed by atoms with Crippen LogP contribution in [0.4, 0.5) is 4.39 Å². The zero-order valence-electron chi connectivity index (χ0n) is 9.84. The fourth-order valence-corrected chi connectivity index (χ4v) is 2.34. The van der Waals surface area contributed by atoms with E-state index in [0.717, 1.165) is 22.6 Å². The minimum absolute atomic E-state index is 0.186. The molecule has 0 N–H and O–H groups in total. The molecule has 0 amide bonds. The van der Waals surface area contributed by atoms with Gasteiger partial charge >= 0.3 is 0 Å². The second kappa shape index (κ2) is 4.92. The molecule has 0 fully saturated rings. The predicted octanol–water partition coefficient (Wildman–Crippen LogP) is 4.56. The molecule has 0 saturated carbocycles. The third kappa shape index (κ3) is 2.89. The van der Waals surface area contributed by atoms with Gasteiger partial charge in [0.1, 0.15) is 17.3 Å². The fraction of sp³-hybridized carbons (Fsp3) is 0.286. The van der Waals surface area contributed by atoms with Crippen molar-refractivity contribution in [2.24, 2.45) is 0 Å². The largest absolute Gasteiger partial charge is 0.466 e.